The third kappa shape index (κ3) is 1.83. The standard InChI is InChI=1S/C13H19N/c1-10(2)8-13(14)9-12(13)11-6-4-3-5-7-11/h3-7,10,12H,8-9,14H2,1-2H3/t12-,13+/m0/s1. The van der Waals surface area contributed by atoms with E-state index in [-0.39, 0.29) is 5.54 Å². The molecular weight excluding hydrogens is 170 g/mol. The van der Waals surface area contributed by atoms with Crippen molar-refractivity contribution in [2.24, 2.45) is 11.7 Å². The molecule has 1 aliphatic carbocycles. The predicted octanol–water partition coefficient (Wildman–Crippen LogP) is 2.92. The summed E-state index contributed by atoms with van der Waals surface area (Å²) < 4.78 is 0. The molecule has 1 aromatic rings. The first-order chi connectivity index (χ1) is 6.62. The van der Waals surface area contributed by atoms with Crippen molar-refractivity contribution in [3.8, 4) is 0 Å². The van der Waals surface area contributed by atoms with Gasteiger partial charge in [-0.05, 0) is 24.3 Å². The van der Waals surface area contributed by atoms with Gasteiger partial charge in [0.1, 0.15) is 0 Å². The summed E-state index contributed by atoms with van der Waals surface area (Å²) in [6.07, 6.45) is 2.31. The van der Waals surface area contributed by atoms with Gasteiger partial charge in [0.15, 0.2) is 0 Å². The van der Waals surface area contributed by atoms with E-state index in [9.17, 15) is 0 Å². The zero-order valence-corrected chi connectivity index (χ0v) is 9.03. The summed E-state index contributed by atoms with van der Waals surface area (Å²) in [4.78, 5) is 0. The Hall–Kier alpha value is -0.820. The van der Waals surface area contributed by atoms with Gasteiger partial charge in [0.05, 0.1) is 0 Å². The van der Waals surface area contributed by atoms with E-state index in [1.807, 2.05) is 0 Å². The van der Waals surface area contributed by atoms with Gasteiger partial charge in [0, 0.05) is 11.5 Å². The molecule has 0 saturated heterocycles. The Kier molecular flexibility index (Phi) is 2.36. The number of benzene rings is 1. The molecule has 0 unspecified atom stereocenters. The van der Waals surface area contributed by atoms with E-state index in [0.29, 0.717) is 11.8 Å². The summed E-state index contributed by atoms with van der Waals surface area (Å²) >= 11 is 0. The summed E-state index contributed by atoms with van der Waals surface area (Å²) in [6, 6.07) is 10.7. The number of rotatable bonds is 3. The maximum atomic E-state index is 6.32. The lowest BCUT2D eigenvalue weighted by atomic mass is 9.98. The van der Waals surface area contributed by atoms with Crippen LogP contribution in [0.3, 0.4) is 0 Å². The highest BCUT2D eigenvalue weighted by Gasteiger charge is 2.51. The summed E-state index contributed by atoms with van der Waals surface area (Å²) in [6.45, 7) is 4.49. The van der Waals surface area contributed by atoms with Crippen LogP contribution in [0.4, 0.5) is 0 Å². The van der Waals surface area contributed by atoms with Gasteiger partial charge >= 0.3 is 0 Å². The highest BCUT2D eigenvalue weighted by molar-refractivity contribution is 5.32. The minimum atomic E-state index is 0.0928. The smallest absolute Gasteiger partial charge is 0.0233 e. The van der Waals surface area contributed by atoms with Crippen LogP contribution in [0, 0.1) is 5.92 Å². The molecular formula is C13H19N. The quantitative estimate of drug-likeness (QED) is 0.777. The molecule has 0 spiro atoms. The summed E-state index contributed by atoms with van der Waals surface area (Å²) in [5.41, 5.74) is 7.83. The van der Waals surface area contributed by atoms with Crippen molar-refractivity contribution in [3.05, 3.63) is 35.9 Å². The van der Waals surface area contributed by atoms with Crippen LogP contribution in [0.2, 0.25) is 0 Å². The molecule has 1 fully saturated rings. The van der Waals surface area contributed by atoms with Crippen LogP contribution >= 0.6 is 0 Å². The molecule has 14 heavy (non-hydrogen) atoms. The van der Waals surface area contributed by atoms with Crippen LogP contribution < -0.4 is 5.73 Å². The Labute approximate surface area is 86.3 Å². The van der Waals surface area contributed by atoms with Gasteiger partial charge < -0.3 is 5.73 Å². The number of hydrogen-bond donors (Lipinski definition) is 1. The Morgan fingerprint density at radius 3 is 2.57 bits per heavy atom. The second-order valence-electron chi connectivity index (χ2n) is 5.00. The average Bonchev–Trinajstić information content (AvgIpc) is 2.77. The first-order valence-corrected chi connectivity index (χ1v) is 5.46. The second-order valence-corrected chi connectivity index (χ2v) is 5.00. The fourth-order valence-corrected chi connectivity index (χ4v) is 2.44. The first-order valence-electron chi connectivity index (χ1n) is 5.46. The SMILES string of the molecule is CC(C)C[C@@]1(N)C[C@H]1c1ccccc1. The van der Waals surface area contributed by atoms with Gasteiger partial charge in [-0.15, -0.1) is 0 Å². The number of hydrogen-bond acceptors (Lipinski definition) is 1. The predicted molar refractivity (Wildman–Crippen MR) is 60.2 cm³/mol. The van der Waals surface area contributed by atoms with Gasteiger partial charge in [0.25, 0.3) is 0 Å². The van der Waals surface area contributed by atoms with Crippen LogP contribution in [-0.4, -0.2) is 5.54 Å². The van der Waals surface area contributed by atoms with Crippen LogP contribution in [0.5, 0.6) is 0 Å². The number of nitrogens with two attached hydrogens (primary N) is 1. The normalized spacial score (nSPS) is 30.7. The second kappa shape index (κ2) is 3.39. The highest BCUT2D eigenvalue weighted by Crippen LogP contribution is 2.52. The summed E-state index contributed by atoms with van der Waals surface area (Å²) in [7, 11) is 0. The van der Waals surface area contributed by atoms with Gasteiger partial charge in [0.2, 0.25) is 0 Å². The fraction of sp³-hybridized carbons (Fsp3) is 0.538. The first kappa shape index (κ1) is 9.72. The molecule has 2 rings (SSSR count). The molecule has 0 heterocycles. The van der Waals surface area contributed by atoms with Crippen molar-refractivity contribution < 1.29 is 0 Å². The minimum Gasteiger partial charge on any atom is -0.325 e. The Bertz CT molecular complexity index is 304. The van der Waals surface area contributed by atoms with E-state index < -0.39 is 0 Å². The topological polar surface area (TPSA) is 26.0 Å². The Morgan fingerprint density at radius 2 is 2.00 bits per heavy atom. The van der Waals surface area contributed by atoms with E-state index in [2.05, 4.69) is 44.2 Å². The monoisotopic (exact) mass is 189 g/mol. The molecule has 0 bridgehead atoms. The van der Waals surface area contributed by atoms with Crippen molar-refractivity contribution in [3.63, 3.8) is 0 Å². The zero-order chi connectivity index (χ0) is 10.2. The van der Waals surface area contributed by atoms with Crippen molar-refractivity contribution in [1.82, 2.24) is 0 Å². The van der Waals surface area contributed by atoms with E-state index in [0.717, 1.165) is 12.8 Å². The summed E-state index contributed by atoms with van der Waals surface area (Å²) in [5.74, 6) is 1.31. The van der Waals surface area contributed by atoms with Crippen molar-refractivity contribution in [2.45, 2.75) is 38.1 Å². The average molecular weight is 189 g/mol. The van der Waals surface area contributed by atoms with Crippen molar-refractivity contribution in [1.29, 1.82) is 0 Å². The summed E-state index contributed by atoms with van der Waals surface area (Å²) in [5, 5.41) is 0. The van der Waals surface area contributed by atoms with Crippen molar-refractivity contribution in [2.75, 3.05) is 0 Å². The van der Waals surface area contributed by atoms with E-state index >= 15 is 0 Å². The van der Waals surface area contributed by atoms with Crippen LogP contribution in [0.15, 0.2) is 30.3 Å². The molecule has 0 aromatic heterocycles. The van der Waals surface area contributed by atoms with E-state index in [1.165, 1.54) is 5.56 Å². The molecule has 76 valence electrons. The molecule has 1 saturated carbocycles. The van der Waals surface area contributed by atoms with Gasteiger partial charge in [-0.3, -0.25) is 0 Å². The molecule has 1 heteroatoms. The van der Waals surface area contributed by atoms with Crippen molar-refractivity contribution >= 4 is 0 Å². The zero-order valence-electron chi connectivity index (χ0n) is 9.03. The molecule has 1 aromatic carbocycles. The molecule has 2 atom stereocenters. The molecule has 0 aliphatic heterocycles. The molecule has 1 nitrogen and oxygen atoms in total. The lowest BCUT2D eigenvalue weighted by Crippen LogP contribution is -2.26. The Morgan fingerprint density at radius 1 is 1.36 bits per heavy atom. The third-order valence-corrected chi connectivity index (χ3v) is 3.11. The third-order valence-electron chi connectivity index (χ3n) is 3.11. The highest BCUT2D eigenvalue weighted by atomic mass is 14.9. The maximum absolute atomic E-state index is 6.32. The molecule has 1 aliphatic rings. The lowest BCUT2D eigenvalue weighted by molar-refractivity contribution is 0.474. The fourth-order valence-electron chi connectivity index (χ4n) is 2.44. The molecule has 0 amide bonds. The van der Waals surface area contributed by atoms with Crippen LogP contribution in [-0.2, 0) is 0 Å². The Balaban J connectivity index is 2.05. The largest absolute Gasteiger partial charge is 0.325 e. The van der Waals surface area contributed by atoms with Crippen LogP contribution in [0.1, 0.15) is 38.2 Å². The molecule has 0 radical (unpaired) electrons. The molecule has 2 N–H and O–H groups in total. The van der Waals surface area contributed by atoms with E-state index in [4.69, 9.17) is 5.73 Å². The van der Waals surface area contributed by atoms with Crippen LogP contribution in [0.25, 0.3) is 0 Å². The van der Waals surface area contributed by atoms with Gasteiger partial charge in [-0.25, -0.2) is 0 Å². The van der Waals surface area contributed by atoms with Gasteiger partial charge in [-0.2, -0.15) is 0 Å². The van der Waals surface area contributed by atoms with Gasteiger partial charge in [-0.1, -0.05) is 44.2 Å². The van der Waals surface area contributed by atoms with E-state index in [1.54, 1.807) is 0 Å². The maximum Gasteiger partial charge on any atom is 0.0233 e. The lowest BCUT2D eigenvalue weighted by Gasteiger charge is -2.14. The minimum absolute atomic E-state index is 0.0928.